The van der Waals surface area contributed by atoms with Crippen molar-refractivity contribution in [2.45, 2.75) is 15.0 Å². The zero-order valence-electron chi connectivity index (χ0n) is 16.0. The first kappa shape index (κ1) is 22.2. The summed E-state index contributed by atoms with van der Waals surface area (Å²) in [5.41, 5.74) is 3.50. The van der Waals surface area contributed by atoms with Crippen LogP contribution in [-0.4, -0.2) is 13.4 Å². The summed E-state index contributed by atoms with van der Waals surface area (Å²) in [6.07, 6.45) is 0. The van der Waals surface area contributed by atoms with Crippen molar-refractivity contribution in [3.8, 4) is 21.7 Å². The third-order valence-corrected chi connectivity index (χ3v) is 8.16. The van der Waals surface area contributed by atoms with Crippen LogP contribution < -0.4 is 5.14 Å². The second-order valence-corrected chi connectivity index (χ2v) is 11.4. The highest BCUT2D eigenvalue weighted by atomic mass is 79.9. The number of hydrogen-bond acceptors (Lipinski definition) is 5. The van der Waals surface area contributed by atoms with Gasteiger partial charge in [-0.05, 0) is 59.7 Å². The molecule has 1 aromatic heterocycles. The van der Waals surface area contributed by atoms with E-state index in [1.807, 2.05) is 12.1 Å². The van der Waals surface area contributed by atoms with Crippen LogP contribution in [-0.2, 0) is 15.8 Å². The minimum Gasteiger partial charge on any atom is -0.229 e. The lowest BCUT2D eigenvalue weighted by Gasteiger charge is -2.04. The Balaban J connectivity index is 1.71. The lowest BCUT2D eigenvalue weighted by Crippen LogP contribution is -2.11. The summed E-state index contributed by atoms with van der Waals surface area (Å²) >= 11 is 6.61. The molecule has 31 heavy (non-hydrogen) atoms. The molecule has 4 aromatic rings. The predicted molar refractivity (Wildman–Crippen MR) is 128 cm³/mol. The number of thioether (sulfide) groups is 1. The number of thiazole rings is 1. The van der Waals surface area contributed by atoms with E-state index in [9.17, 15) is 12.8 Å². The smallest absolute Gasteiger partial charge is 0.229 e. The summed E-state index contributed by atoms with van der Waals surface area (Å²) in [5, 5.41) is 5.21. The normalized spacial score (nSPS) is 11.6. The van der Waals surface area contributed by atoms with Crippen LogP contribution in [0.25, 0.3) is 21.7 Å². The van der Waals surface area contributed by atoms with Crippen molar-refractivity contribution in [2.24, 2.45) is 5.14 Å². The minimum atomic E-state index is -3.77. The Hall–Kier alpha value is -2.04. The quantitative estimate of drug-likeness (QED) is 0.294. The Morgan fingerprint density at radius 3 is 2.32 bits per heavy atom. The molecule has 0 aliphatic rings. The van der Waals surface area contributed by atoms with Crippen molar-refractivity contribution in [3.05, 3.63) is 88.6 Å². The number of benzene rings is 3. The Labute approximate surface area is 196 Å². The Bertz CT molecular complexity index is 1320. The van der Waals surface area contributed by atoms with Crippen LogP contribution in [0.4, 0.5) is 4.39 Å². The third-order valence-electron chi connectivity index (χ3n) is 4.42. The number of hydrogen-bond donors (Lipinski definition) is 1. The molecule has 9 heteroatoms. The summed E-state index contributed by atoms with van der Waals surface area (Å²) in [7, 11) is -3.77. The fourth-order valence-electron chi connectivity index (χ4n) is 2.93. The molecule has 0 aliphatic heterocycles. The molecule has 0 saturated carbocycles. The highest BCUT2D eigenvalue weighted by molar-refractivity contribution is 9.10. The van der Waals surface area contributed by atoms with Gasteiger partial charge in [0.25, 0.3) is 0 Å². The van der Waals surface area contributed by atoms with E-state index in [0.29, 0.717) is 0 Å². The minimum absolute atomic E-state index is 0.0494. The summed E-state index contributed by atoms with van der Waals surface area (Å²) in [6, 6.07) is 20.6. The van der Waals surface area contributed by atoms with Gasteiger partial charge in [0.2, 0.25) is 10.0 Å². The molecule has 2 N–H and O–H groups in total. The van der Waals surface area contributed by atoms with Gasteiger partial charge in [-0.3, -0.25) is 0 Å². The maximum atomic E-state index is 13.4. The first-order valence-corrected chi connectivity index (χ1v) is 13.2. The molecule has 4 rings (SSSR count). The maximum absolute atomic E-state index is 13.4. The van der Waals surface area contributed by atoms with Gasteiger partial charge in [0.05, 0.1) is 15.5 Å². The van der Waals surface area contributed by atoms with Gasteiger partial charge in [0.1, 0.15) is 5.82 Å². The van der Waals surface area contributed by atoms with Crippen molar-refractivity contribution in [3.63, 3.8) is 0 Å². The second kappa shape index (κ2) is 9.22. The summed E-state index contributed by atoms with van der Waals surface area (Å²) in [5.74, 6) is 0.432. The van der Waals surface area contributed by atoms with Gasteiger partial charge in [-0.25, -0.2) is 22.9 Å². The van der Waals surface area contributed by atoms with Crippen LogP contribution in [0, 0.1) is 5.82 Å². The molecule has 0 spiro atoms. The average Bonchev–Trinajstić information content (AvgIpc) is 3.17. The fourth-order valence-corrected chi connectivity index (χ4v) is 6.00. The van der Waals surface area contributed by atoms with E-state index in [1.54, 1.807) is 36.0 Å². The highest BCUT2D eigenvalue weighted by Gasteiger charge is 2.17. The van der Waals surface area contributed by atoms with Crippen LogP contribution in [0.3, 0.4) is 0 Å². The van der Waals surface area contributed by atoms with Crippen molar-refractivity contribution in [1.82, 2.24) is 4.98 Å². The summed E-state index contributed by atoms with van der Waals surface area (Å²) < 4.78 is 38.5. The number of halogens is 2. The maximum Gasteiger partial charge on any atom is 0.238 e. The average molecular weight is 535 g/mol. The van der Waals surface area contributed by atoms with Crippen LogP contribution in [0.1, 0.15) is 5.56 Å². The monoisotopic (exact) mass is 534 g/mol. The van der Waals surface area contributed by atoms with E-state index in [2.05, 4.69) is 28.1 Å². The molecule has 0 saturated heterocycles. The third kappa shape index (κ3) is 5.42. The topological polar surface area (TPSA) is 73.1 Å². The zero-order valence-corrected chi connectivity index (χ0v) is 20.0. The summed E-state index contributed by atoms with van der Waals surface area (Å²) in [4.78, 5) is 5.73. The van der Waals surface area contributed by atoms with Crippen LogP contribution in [0.2, 0.25) is 0 Å². The SMILES string of the molecule is NS(=O)(=O)c1ccc(-c2sc(SCc3cccc(Br)c3)nc2-c2ccc(F)cc2)cc1. The predicted octanol–water partition coefficient (Wildman–Crippen LogP) is 6.32. The molecule has 0 bridgehead atoms. The molecule has 4 nitrogen and oxygen atoms in total. The standard InChI is InChI=1S/C22H16BrFN2O2S3/c23-17-3-1-2-14(12-17)13-29-22-26-20(15-4-8-18(24)9-5-15)21(30-22)16-6-10-19(11-7-16)31(25,27)28/h1-12H,13H2,(H2,25,27,28). The molecular formula is C22H16BrFN2O2S3. The Morgan fingerprint density at radius 1 is 1.00 bits per heavy atom. The molecule has 0 aliphatic carbocycles. The van der Waals surface area contributed by atoms with Crippen molar-refractivity contribution in [1.29, 1.82) is 0 Å². The number of primary sulfonamides is 1. The Kier molecular flexibility index (Phi) is 6.59. The molecule has 0 unspecified atom stereocenters. The van der Waals surface area contributed by atoms with Crippen LogP contribution in [0.5, 0.6) is 0 Å². The van der Waals surface area contributed by atoms with E-state index in [4.69, 9.17) is 10.1 Å². The van der Waals surface area contributed by atoms with E-state index < -0.39 is 10.0 Å². The lowest BCUT2D eigenvalue weighted by molar-refractivity contribution is 0.598. The molecule has 3 aromatic carbocycles. The van der Waals surface area contributed by atoms with E-state index in [-0.39, 0.29) is 10.7 Å². The van der Waals surface area contributed by atoms with E-state index >= 15 is 0 Å². The van der Waals surface area contributed by atoms with Gasteiger partial charge in [-0.1, -0.05) is 52.0 Å². The van der Waals surface area contributed by atoms with Crippen molar-refractivity contribution >= 4 is 49.1 Å². The van der Waals surface area contributed by atoms with Crippen LogP contribution in [0.15, 0.2) is 86.5 Å². The highest BCUT2D eigenvalue weighted by Crippen LogP contribution is 2.41. The number of sulfonamides is 1. The second-order valence-electron chi connectivity index (χ2n) is 6.65. The first-order valence-electron chi connectivity index (χ1n) is 9.07. The molecule has 0 atom stereocenters. The van der Waals surface area contributed by atoms with Gasteiger partial charge in [-0.2, -0.15) is 0 Å². The number of nitrogens with zero attached hydrogens (tertiary/aromatic N) is 1. The molecule has 1 heterocycles. The van der Waals surface area contributed by atoms with Crippen molar-refractivity contribution in [2.75, 3.05) is 0 Å². The van der Waals surface area contributed by atoms with Crippen molar-refractivity contribution < 1.29 is 12.8 Å². The van der Waals surface area contributed by atoms with Crippen LogP contribution >= 0.6 is 39.0 Å². The first-order chi connectivity index (χ1) is 14.8. The van der Waals surface area contributed by atoms with Gasteiger partial charge in [0.15, 0.2) is 4.34 Å². The zero-order chi connectivity index (χ0) is 22.0. The summed E-state index contributed by atoms with van der Waals surface area (Å²) in [6.45, 7) is 0. The molecular weight excluding hydrogens is 519 g/mol. The molecule has 0 amide bonds. The lowest BCUT2D eigenvalue weighted by atomic mass is 10.1. The van der Waals surface area contributed by atoms with Gasteiger partial charge in [0, 0.05) is 15.8 Å². The van der Waals surface area contributed by atoms with Gasteiger partial charge in [-0.15, -0.1) is 11.3 Å². The largest absolute Gasteiger partial charge is 0.238 e. The number of nitrogens with two attached hydrogens (primary N) is 1. The van der Waals surface area contributed by atoms with Gasteiger partial charge >= 0.3 is 0 Å². The molecule has 0 fully saturated rings. The van der Waals surface area contributed by atoms with E-state index in [0.717, 1.165) is 41.8 Å². The Morgan fingerprint density at radius 2 is 1.68 bits per heavy atom. The fraction of sp³-hybridized carbons (Fsp3) is 0.0455. The number of aromatic nitrogens is 1. The molecule has 0 radical (unpaired) electrons. The number of rotatable bonds is 6. The van der Waals surface area contributed by atoms with Gasteiger partial charge < -0.3 is 0 Å². The van der Waals surface area contributed by atoms with E-state index in [1.165, 1.54) is 35.6 Å². The molecule has 158 valence electrons.